The minimum atomic E-state index is -0.945. The molecule has 8 nitrogen and oxygen atoms in total. The van der Waals surface area contributed by atoms with Crippen molar-refractivity contribution in [1.29, 1.82) is 0 Å². The molecule has 2 amide bonds. The van der Waals surface area contributed by atoms with E-state index in [9.17, 15) is 19.7 Å². The summed E-state index contributed by atoms with van der Waals surface area (Å²) in [4.78, 5) is 35.7. The van der Waals surface area contributed by atoms with Crippen molar-refractivity contribution in [2.45, 2.75) is 26.0 Å². The maximum atomic E-state index is 13.0. The number of carbonyl (C=O) groups is 2. The summed E-state index contributed by atoms with van der Waals surface area (Å²) in [5, 5.41) is 16.3. The molecule has 0 spiro atoms. The van der Waals surface area contributed by atoms with Crippen molar-refractivity contribution in [2.24, 2.45) is 0 Å². The van der Waals surface area contributed by atoms with E-state index in [4.69, 9.17) is 4.74 Å². The van der Waals surface area contributed by atoms with Crippen molar-refractivity contribution in [3.8, 4) is 0 Å². The summed E-state index contributed by atoms with van der Waals surface area (Å²) in [6, 6.07) is 21.4. The molecule has 0 saturated heterocycles. The molecule has 0 bridgehead atoms. The number of aryl methyl sites for hydroxylation is 1. The quantitative estimate of drug-likeness (QED) is 0.405. The van der Waals surface area contributed by atoms with Gasteiger partial charge in [0.1, 0.15) is 12.6 Å². The summed E-state index contributed by atoms with van der Waals surface area (Å²) in [5.74, 6) is -0.422. The van der Waals surface area contributed by atoms with Crippen molar-refractivity contribution >= 4 is 23.4 Å². The topological polar surface area (TPSA) is 111 Å². The number of rotatable bonds is 8. The van der Waals surface area contributed by atoms with Crippen LogP contribution in [0, 0.1) is 17.0 Å². The zero-order valence-electron chi connectivity index (χ0n) is 17.5. The number of nitrogens with zero attached hydrogens (tertiary/aromatic N) is 1. The summed E-state index contributed by atoms with van der Waals surface area (Å²) in [5.41, 5.74) is 2.93. The Morgan fingerprint density at radius 2 is 1.59 bits per heavy atom. The molecule has 0 unspecified atom stereocenters. The lowest BCUT2D eigenvalue weighted by Gasteiger charge is -2.19. The van der Waals surface area contributed by atoms with Crippen LogP contribution in [0.3, 0.4) is 0 Å². The van der Waals surface area contributed by atoms with Gasteiger partial charge in [0.2, 0.25) is 5.91 Å². The maximum Gasteiger partial charge on any atom is 0.408 e. The first-order valence-electron chi connectivity index (χ1n) is 9.99. The van der Waals surface area contributed by atoms with Crippen LogP contribution in [0.2, 0.25) is 0 Å². The Hall–Kier alpha value is -4.20. The van der Waals surface area contributed by atoms with E-state index in [1.54, 1.807) is 24.3 Å². The zero-order valence-corrected chi connectivity index (χ0v) is 17.5. The molecule has 0 aliphatic rings. The lowest BCUT2D eigenvalue weighted by molar-refractivity contribution is -0.384. The van der Waals surface area contributed by atoms with Gasteiger partial charge in [-0.15, -0.1) is 0 Å². The molecule has 1 atom stereocenters. The highest BCUT2D eigenvalue weighted by atomic mass is 16.6. The molecule has 3 rings (SSSR count). The first kappa shape index (κ1) is 22.5. The second-order valence-electron chi connectivity index (χ2n) is 7.19. The number of hydrogen-bond donors (Lipinski definition) is 2. The average molecular weight is 433 g/mol. The molecule has 164 valence electrons. The van der Waals surface area contributed by atoms with Gasteiger partial charge in [-0.3, -0.25) is 14.9 Å². The highest BCUT2D eigenvalue weighted by Gasteiger charge is 2.23. The van der Waals surface area contributed by atoms with Gasteiger partial charge in [0.25, 0.3) is 5.69 Å². The lowest BCUT2D eigenvalue weighted by atomic mass is 10.0. The third-order valence-corrected chi connectivity index (χ3v) is 4.81. The summed E-state index contributed by atoms with van der Waals surface area (Å²) >= 11 is 0. The number of alkyl carbamates (subject to hydrolysis) is 1. The Bertz CT molecular complexity index is 1080. The number of nitro groups is 1. The van der Waals surface area contributed by atoms with E-state index in [1.165, 1.54) is 12.1 Å². The first-order chi connectivity index (χ1) is 15.4. The normalized spacial score (nSPS) is 11.3. The number of benzene rings is 3. The Labute approximate surface area is 185 Å². The van der Waals surface area contributed by atoms with E-state index in [0.29, 0.717) is 11.3 Å². The van der Waals surface area contributed by atoms with Gasteiger partial charge in [-0.1, -0.05) is 60.7 Å². The van der Waals surface area contributed by atoms with Crippen LogP contribution in [-0.4, -0.2) is 23.0 Å². The Balaban J connectivity index is 1.71. The van der Waals surface area contributed by atoms with E-state index >= 15 is 0 Å². The van der Waals surface area contributed by atoms with Crippen molar-refractivity contribution in [3.63, 3.8) is 0 Å². The van der Waals surface area contributed by atoms with E-state index in [0.717, 1.165) is 11.1 Å². The van der Waals surface area contributed by atoms with Crippen LogP contribution in [0.25, 0.3) is 0 Å². The first-order valence-corrected chi connectivity index (χ1v) is 9.99. The number of amides is 2. The third kappa shape index (κ3) is 6.40. The summed E-state index contributed by atoms with van der Waals surface area (Å²) in [6.45, 7) is 1.93. The Kier molecular flexibility index (Phi) is 7.53. The molecule has 0 aromatic heterocycles. The molecule has 0 aliphatic carbocycles. The van der Waals surface area contributed by atoms with Crippen LogP contribution in [-0.2, 0) is 22.6 Å². The van der Waals surface area contributed by atoms with Gasteiger partial charge in [0.05, 0.1) is 4.92 Å². The number of ether oxygens (including phenoxy) is 1. The molecular formula is C24H23N3O5. The van der Waals surface area contributed by atoms with Crippen LogP contribution >= 0.6 is 0 Å². The number of hydrogen-bond acceptors (Lipinski definition) is 5. The van der Waals surface area contributed by atoms with Gasteiger partial charge in [-0.05, 0) is 29.7 Å². The van der Waals surface area contributed by atoms with Crippen LogP contribution in [0.1, 0.15) is 16.7 Å². The molecule has 2 N–H and O–H groups in total. The van der Waals surface area contributed by atoms with Crippen molar-refractivity contribution in [2.75, 3.05) is 5.32 Å². The van der Waals surface area contributed by atoms with Crippen molar-refractivity contribution in [3.05, 3.63) is 106 Å². The molecule has 0 saturated carbocycles. The third-order valence-electron chi connectivity index (χ3n) is 4.81. The second kappa shape index (κ2) is 10.7. The average Bonchev–Trinajstić information content (AvgIpc) is 2.80. The number of anilines is 1. The smallest absolute Gasteiger partial charge is 0.408 e. The molecular weight excluding hydrogens is 410 g/mol. The number of nitro benzene ring substituents is 1. The van der Waals surface area contributed by atoms with Crippen molar-refractivity contribution < 1.29 is 19.2 Å². The van der Waals surface area contributed by atoms with Gasteiger partial charge in [0, 0.05) is 24.2 Å². The van der Waals surface area contributed by atoms with Gasteiger partial charge in [-0.25, -0.2) is 4.79 Å². The maximum absolute atomic E-state index is 13.0. The van der Waals surface area contributed by atoms with Gasteiger partial charge < -0.3 is 15.4 Å². The Morgan fingerprint density at radius 3 is 2.25 bits per heavy atom. The van der Waals surface area contributed by atoms with Crippen molar-refractivity contribution in [1.82, 2.24) is 5.32 Å². The highest BCUT2D eigenvalue weighted by molar-refractivity contribution is 5.97. The summed E-state index contributed by atoms with van der Waals surface area (Å²) in [7, 11) is 0. The highest BCUT2D eigenvalue weighted by Crippen LogP contribution is 2.16. The van der Waals surface area contributed by atoms with E-state index in [-0.39, 0.29) is 18.7 Å². The molecule has 3 aromatic carbocycles. The van der Waals surface area contributed by atoms with Gasteiger partial charge in [0.15, 0.2) is 0 Å². The number of non-ortho nitro benzene ring substituents is 1. The van der Waals surface area contributed by atoms with E-state index < -0.39 is 23.0 Å². The largest absolute Gasteiger partial charge is 0.445 e. The fourth-order valence-corrected chi connectivity index (χ4v) is 3.04. The van der Waals surface area contributed by atoms with E-state index in [2.05, 4.69) is 10.6 Å². The number of carbonyl (C=O) groups excluding carboxylic acids is 2. The van der Waals surface area contributed by atoms with Crippen LogP contribution in [0.4, 0.5) is 16.2 Å². The molecule has 8 heteroatoms. The lowest BCUT2D eigenvalue weighted by Crippen LogP contribution is -2.45. The standard InChI is InChI=1S/C24H23N3O5/c1-17-7-5-6-10-21(17)25-23(28)22(15-18-11-13-20(14-12-18)27(30)31)26-24(29)32-16-19-8-3-2-4-9-19/h2-14,22H,15-16H2,1H3,(H,25,28)(H,26,29)/t22-/m1/s1. The fourth-order valence-electron chi connectivity index (χ4n) is 3.04. The SMILES string of the molecule is Cc1ccccc1NC(=O)[C@@H](Cc1ccc([N+](=O)[O-])cc1)NC(=O)OCc1ccccc1. The number of nitrogens with one attached hydrogen (secondary N) is 2. The second-order valence-corrected chi connectivity index (χ2v) is 7.19. The summed E-state index contributed by atoms with van der Waals surface area (Å²) < 4.78 is 5.25. The van der Waals surface area contributed by atoms with Crippen LogP contribution < -0.4 is 10.6 Å². The van der Waals surface area contributed by atoms with E-state index in [1.807, 2.05) is 49.4 Å². The molecule has 3 aromatic rings. The van der Waals surface area contributed by atoms with Gasteiger partial charge in [-0.2, -0.15) is 0 Å². The molecule has 0 heterocycles. The van der Waals surface area contributed by atoms with Gasteiger partial charge >= 0.3 is 6.09 Å². The zero-order chi connectivity index (χ0) is 22.9. The predicted molar refractivity (Wildman–Crippen MR) is 120 cm³/mol. The molecule has 0 aliphatic heterocycles. The minimum absolute atomic E-state index is 0.0510. The summed E-state index contributed by atoms with van der Waals surface area (Å²) in [6.07, 6.45) is -0.600. The molecule has 32 heavy (non-hydrogen) atoms. The van der Waals surface area contributed by atoms with Crippen LogP contribution in [0.5, 0.6) is 0 Å². The van der Waals surface area contributed by atoms with Crippen LogP contribution in [0.15, 0.2) is 78.9 Å². The minimum Gasteiger partial charge on any atom is -0.445 e. The number of para-hydroxylation sites is 1. The molecule has 0 radical (unpaired) electrons. The fraction of sp³-hybridized carbons (Fsp3) is 0.167. The molecule has 0 fully saturated rings. The predicted octanol–water partition coefficient (Wildman–Crippen LogP) is 4.38. The Morgan fingerprint density at radius 1 is 0.938 bits per heavy atom. The monoisotopic (exact) mass is 433 g/mol.